The SMILES string of the molecule is COc1cc2ccccc2cc1C(=O)N=c1sc(C)cn1CC1CCCO1. The molecule has 27 heavy (non-hydrogen) atoms. The Bertz CT molecular complexity index is 1050. The van der Waals surface area contributed by atoms with E-state index < -0.39 is 0 Å². The first-order valence-electron chi connectivity index (χ1n) is 9.08. The zero-order valence-electron chi connectivity index (χ0n) is 15.5. The molecule has 2 heterocycles. The van der Waals surface area contributed by atoms with Gasteiger partial charge in [0, 0.05) is 17.7 Å². The highest BCUT2D eigenvalue weighted by molar-refractivity contribution is 7.09. The topological polar surface area (TPSA) is 52.8 Å². The standard InChI is InChI=1S/C21H22N2O3S/c1-14-12-23(13-17-8-5-9-26-17)21(27-14)22-20(24)18-10-15-6-3-4-7-16(15)11-19(18)25-2/h3-4,6-7,10-12,17H,5,8-9,13H2,1-2H3. The van der Waals surface area contributed by atoms with Gasteiger partial charge in [0.05, 0.1) is 25.3 Å². The predicted octanol–water partition coefficient (Wildman–Crippen LogP) is 3.94. The van der Waals surface area contributed by atoms with Gasteiger partial charge in [-0.25, -0.2) is 0 Å². The Morgan fingerprint density at radius 2 is 2.11 bits per heavy atom. The summed E-state index contributed by atoms with van der Waals surface area (Å²) in [5.74, 6) is 0.252. The number of ether oxygens (including phenoxy) is 2. The Kier molecular flexibility index (Phi) is 5.09. The van der Waals surface area contributed by atoms with E-state index in [1.165, 1.54) is 11.3 Å². The van der Waals surface area contributed by atoms with Crippen LogP contribution in [-0.2, 0) is 11.3 Å². The molecule has 1 fully saturated rings. The van der Waals surface area contributed by atoms with E-state index >= 15 is 0 Å². The second-order valence-electron chi connectivity index (χ2n) is 6.73. The number of fused-ring (bicyclic) bond motifs is 1. The largest absolute Gasteiger partial charge is 0.496 e. The average Bonchev–Trinajstić information content (AvgIpc) is 3.30. The molecule has 1 unspecified atom stereocenters. The van der Waals surface area contributed by atoms with Gasteiger partial charge in [-0.2, -0.15) is 4.99 Å². The number of carbonyl (C=O) groups excluding carboxylic acids is 1. The van der Waals surface area contributed by atoms with Gasteiger partial charge >= 0.3 is 0 Å². The van der Waals surface area contributed by atoms with Crippen molar-refractivity contribution in [2.45, 2.75) is 32.4 Å². The number of rotatable bonds is 4. The lowest BCUT2D eigenvalue weighted by Crippen LogP contribution is -2.23. The molecule has 4 rings (SSSR count). The normalized spacial score (nSPS) is 17.6. The van der Waals surface area contributed by atoms with Gasteiger partial charge < -0.3 is 14.0 Å². The van der Waals surface area contributed by atoms with Crippen molar-refractivity contribution < 1.29 is 14.3 Å². The second kappa shape index (κ2) is 7.66. The van der Waals surface area contributed by atoms with E-state index in [1.807, 2.05) is 54.1 Å². The number of thiazole rings is 1. The summed E-state index contributed by atoms with van der Waals surface area (Å²) in [5.41, 5.74) is 0.478. The minimum Gasteiger partial charge on any atom is -0.496 e. The summed E-state index contributed by atoms with van der Waals surface area (Å²) in [7, 11) is 1.58. The first-order valence-corrected chi connectivity index (χ1v) is 9.90. The van der Waals surface area contributed by atoms with Gasteiger partial charge in [0.25, 0.3) is 5.91 Å². The molecule has 0 radical (unpaired) electrons. The second-order valence-corrected chi connectivity index (χ2v) is 7.94. The molecule has 1 aliphatic heterocycles. The van der Waals surface area contributed by atoms with E-state index in [4.69, 9.17) is 9.47 Å². The number of hydrogen-bond donors (Lipinski definition) is 0. The monoisotopic (exact) mass is 382 g/mol. The molecule has 0 spiro atoms. The van der Waals surface area contributed by atoms with E-state index in [0.717, 1.165) is 41.6 Å². The molecule has 1 atom stereocenters. The van der Waals surface area contributed by atoms with Crippen LogP contribution in [-0.4, -0.2) is 30.3 Å². The Morgan fingerprint density at radius 1 is 1.33 bits per heavy atom. The predicted molar refractivity (Wildman–Crippen MR) is 106 cm³/mol. The molecule has 3 aromatic rings. The molecule has 1 saturated heterocycles. The van der Waals surface area contributed by atoms with Crippen LogP contribution >= 0.6 is 11.3 Å². The first kappa shape index (κ1) is 17.9. The molecule has 0 saturated carbocycles. The highest BCUT2D eigenvalue weighted by Gasteiger charge is 2.18. The van der Waals surface area contributed by atoms with Crippen LogP contribution in [0.4, 0.5) is 0 Å². The number of benzene rings is 2. The maximum Gasteiger partial charge on any atom is 0.283 e. The molecular formula is C21H22N2O3S. The molecule has 140 valence electrons. The van der Waals surface area contributed by atoms with E-state index in [-0.39, 0.29) is 12.0 Å². The van der Waals surface area contributed by atoms with Crippen LogP contribution in [0.1, 0.15) is 28.1 Å². The van der Waals surface area contributed by atoms with E-state index in [0.29, 0.717) is 16.1 Å². The maximum absolute atomic E-state index is 13.0. The summed E-state index contributed by atoms with van der Waals surface area (Å²) in [6.45, 7) is 3.57. The fraction of sp³-hybridized carbons (Fsp3) is 0.333. The molecule has 2 aromatic carbocycles. The van der Waals surface area contributed by atoms with Gasteiger partial charge in [-0.05, 0) is 42.7 Å². The van der Waals surface area contributed by atoms with Crippen LogP contribution in [0.5, 0.6) is 5.75 Å². The van der Waals surface area contributed by atoms with Crippen molar-refractivity contribution in [1.29, 1.82) is 0 Å². The van der Waals surface area contributed by atoms with Crippen molar-refractivity contribution in [1.82, 2.24) is 4.57 Å². The molecule has 0 bridgehead atoms. The summed E-state index contributed by atoms with van der Waals surface area (Å²) in [5, 5.41) is 2.03. The lowest BCUT2D eigenvalue weighted by Gasteiger charge is -2.10. The number of nitrogens with zero attached hydrogens (tertiary/aromatic N) is 2. The van der Waals surface area contributed by atoms with Crippen molar-refractivity contribution in [2.75, 3.05) is 13.7 Å². The van der Waals surface area contributed by atoms with Crippen molar-refractivity contribution in [2.24, 2.45) is 4.99 Å². The summed E-state index contributed by atoms with van der Waals surface area (Å²) in [6.07, 6.45) is 4.38. The number of aryl methyl sites for hydroxylation is 1. The van der Waals surface area contributed by atoms with Crippen LogP contribution in [0.25, 0.3) is 10.8 Å². The first-order chi connectivity index (χ1) is 13.1. The third-order valence-corrected chi connectivity index (χ3v) is 5.69. The third kappa shape index (κ3) is 3.82. The van der Waals surface area contributed by atoms with E-state index in [9.17, 15) is 4.79 Å². The Balaban J connectivity index is 1.72. The van der Waals surface area contributed by atoms with E-state index in [2.05, 4.69) is 4.99 Å². The van der Waals surface area contributed by atoms with E-state index in [1.54, 1.807) is 7.11 Å². The number of methoxy groups -OCH3 is 1. The molecular weight excluding hydrogens is 360 g/mol. The van der Waals surface area contributed by atoms with Crippen molar-refractivity contribution in [3.05, 3.63) is 57.8 Å². The molecule has 0 aliphatic carbocycles. The highest BCUT2D eigenvalue weighted by Crippen LogP contribution is 2.26. The van der Waals surface area contributed by atoms with Crippen molar-refractivity contribution in [3.8, 4) is 5.75 Å². The van der Waals surface area contributed by atoms with Gasteiger partial charge in [-0.1, -0.05) is 24.3 Å². The van der Waals surface area contributed by atoms with Crippen LogP contribution < -0.4 is 9.54 Å². The summed E-state index contributed by atoms with van der Waals surface area (Å²) < 4.78 is 13.2. The lowest BCUT2D eigenvalue weighted by molar-refractivity contribution is 0.0949. The quantitative estimate of drug-likeness (QED) is 0.687. The maximum atomic E-state index is 13.0. The number of hydrogen-bond acceptors (Lipinski definition) is 4. The average molecular weight is 382 g/mol. The molecule has 6 heteroatoms. The molecule has 1 aliphatic rings. The third-order valence-electron chi connectivity index (χ3n) is 4.76. The van der Waals surface area contributed by atoms with Crippen LogP contribution in [0.3, 0.4) is 0 Å². The van der Waals surface area contributed by atoms with Crippen molar-refractivity contribution in [3.63, 3.8) is 0 Å². The van der Waals surface area contributed by atoms with Gasteiger partial charge in [-0.3, -0.25) is 4.79 Å². The molecule has 1 amide bonds. The fourth-order valence-corrected chi connectivity index (χ4v) is 4.27. The smallest absolute Gasteiger partial charge is 0.283 e. The fourth-order valence-electron chi connectivity index (χ4n) is 3.43. The summed E-state index contributed by atoms with van der Waals surface area (Å²) in [4.78, 5) is 19.2. The van der Waals surface area contributed by atoms with Gasteiger partial charge in [0.1, 0.15) is 5.75 Å². The Labute approximate surface area is 161 Å². The number of aromatic nitrogens is 1. The molecule has 0 N–H and O–H groups in total. The minimum absolute atomic E-state index is 0.197. The Morgan fingerprint density at radius 3 is 2.81 bits per heavy atom. The summed E-state index contributed by atoms with van der Waals surface area (Å²) >= 11 is 1.52. The molecule has 1 aromatic heterocycles. The number of carbonyl (C=O) groups is 1. The van der Waals surface area contributed by atoms with Crippen molar-refractivity contribution >= 4 is 28.0 Å². The van der Waals surface area contributed by atoms with Gasteiger partial charge in [0.2, 0.25) is 0 Å². The minimum atomic E-state index is -0.291. The van der Waals surface area contributed by atoms with Crippen LogP contribution in [0, 0.1) is 6.92 Å². The molecule has 5 nitrogen and oxygen atoms in total. The number of amides is 1. The van der Waals surface area contributed by atoms with Gasteiger partial charge in [0.15, 0.2) is 4.80 Å². The van der Waals surface area contributed by atoms with Crippen LogP contribution in [0.15, 0.2) is 47.6 Å². The highest BCUT2D eigenvalue weighted by atomic mass is 32.1. The van der Waals surface area contributed by atoms with Gasteiger partial charge in [-0.15, -0.1) is 11.3 Å². The Hall–Kier alpha value is -2.44. The zero-order valence-corrected chi connectivity index (χ0v) is 16.3. The van der Waals surface area contributed by atoms with Crippen LogP contribution in [0.2, 0.25) is 0 Å². The zero-order chi connectivity index (χ0) is 18.8. The summed E-state index contributed by atoms with van der Waals surface area (Å²) in [6, 6.07) is 11.7. The lowest BCUT2D eigenvalue weighted by atomic mass is 10.1.